The highest BCUT2D eigenvalue weighted by molar-refractivity contribution is 6.06. The summed E-state index contributed by atoms with van der Waals surface area (Å²) >= 11 is 0. The van der Waals surface area contributed by atoms with Crippen LogP contribution in [0.5, 0.6) is 11.5 Å². The Morgan fingerprint density at radius 1 is 1.11 bits per heavy atom. The van der Waals surface area contributed by atoms with Gasteiger partial charge in [-0.3, -0.25) is 4.79 Å². The molecule has 1 saturated carbocycles. The summed E-state index contributed by atoms with van der Waals surface area (Å²) in [4.78, 5) is 22.0. The SMILES string of the molecule is COc1ccc(Cn2ncc3cc(C(=O)Nc4ccc5oc(C6CC6)nc5c4)cnc32)c(OC)c1. The molecule has 3 heterocycles. The van der Waals surface area contributed by atoms with E-state index in [1.54, 1.807) is 37.4 Å². The van der Waals surface area contributed by atoms with Gasteiger partial charge in [0.05, 0.1) is 32.5 Å². The second-order valence-corrected chi connectivity index (χ2v) is 8.58. The third-order valence-corrected chi connectivity index (χ3v) is 6.14. The van der Waals surface area contributed by atoms with E-state index in [0.717, 1.165) is 46.5 Å². The van der Waals surface area contributed by atoms with Gasteiger partial charge < -0.3 is 19.2 Å². The van der Waals surface area contributed by atoms with Crippen LogP contribution in [0.3, 0.4) is 0 Å². The van der Waals surface area contributed by atoms with Crippen molar-refractivity contribution in [3.63, 3.8) is 0 Å². The van der Waals surface area contributed by atoms with Crippen LogP contribution in [-0.4, -0.2) is 39.9 Å². The molecule has 3 aromatic heterocycles. The number of aromatic nitrogens is 4. The summed E-state index contributed by atoms with van der Waals surface area (Å²) in [6.07, 6.45) is 5.50. The van der Waals surface area contributed by atoms with Crippen molar-refractivity contribution in [2.45, 2.75) is 25.3 Å². The summed E-state index contributed by atoms with van der Waals surface area (Å²) in [7, 11) is 3.24. The molecule has 1 fully saturated rings. The van der Waals surface area contributed by atoms with Gasteiger partial charge in [0.1, 0.15) is 17.0 Å². The number of anilines is 1. The topological polar surface area (TPSA) is 104 Å². The average Bonchev–Trinajstić information content (AvgIpc) is 3.53. The Kier molecular flexibility index (Phi) is 5.09. The van der Waals surface area contributed by atoms with Crippen LogP contribution in [0.25, 0.3) is 22.1 Å². The minimum atomic E-state index is -0.255. The molecule has 1 amide bonds. The highest BCUT2D eigenvalue weighted by Crippen LogP contribution is 2.40. The van der Waals surface area contributed by atoms with Gasteiger partial charge in [-0.15, -0.1) is 0 Å². The Hall–Kier alpha value is -4.40. The van der Waals surface area contributed by atoms with E-state index in [1.165, 1.54) is 0 Å². The Bertz CT molecular complexity index is 1570. The fraction of sp³-hybridized carbons (Fsp3) is 0.231. The standard InChI is InChI=1S/C26H23N5O4/c1-33-20-7-5-16(23(11-20)34-2)14-31-24-17(13-28-31)9-18(12-27-24)25(32)29-19-6-8-22-21(10-19)30-26(35-22)15-3-4-15/h5-13,15H,3-4,14H2,1-2H3,(H,29,32). The Labute approximate surface area is 200 Å². The minimum absolute atomic E-state index is 0.255. The number of benzene rings is 2. The number of methoxy groups -OCH3 is 2. The number of carbonyl (C=O) groups is 1. The van der Waals surface area contributed by atoms with Crippen molar-refractivity contribution in [3.05, 3.63) is 71.9 Å². The Morgan fingerprint density at radius 3 is 2.80 bits per heavy atom. The zero-order valence-electron chi connectivity index (χ0n) is 19.3. The number of carbonyl (C=O) groups excluding carboxylic acids is 1. The lowest BCUT2D eigenvalue weighted by Crippen LogP contribution is -2.12. The fourth-order valence-corrected chi connectivity index (χ4v) is 4.09. The first-order valence-corrected chi connectivity index (χ1v) is 11.4. The van der Waals surface area contributed by atoms with Crippen molar-refractivity contribution >= 4 is 33.7 Å². The van der Waals surface area contributed by atoms with Gasteiger partial charge in [0.25, 0.3) is 5.91 Å². The molecule has 6 rings (SSSR count). The molecule has 2 aromatic carbocycles. The van der Waals surface area contributed by atoms with E-state index in [4.69, 9.17) is 13.9 Å². The summed E-state index contributed by atoms with van der Waals surface area (Å²) in [5.41, 5.74) is 4.19. The first kappa shape index (κ1) is 21.2. The summed E-state index contributed by atoms with van der Waals surface area (Å²) < 4.78 is 18.3. The fourth-order valence-electron chi connectivity index (χ4n) is 4.09. The maximum absolute atomic E-state index is 12.9. The molecule has 1 N–H and O–H groups in total. The molecule has 0 radical (unpaired) electrons. The minimum Gasteiger partial charge on any atom is -0.497 e. The second kappa shape index (κ2) is 8.43. The first-order chi connectivity index (χ1) is 17.1. The van der Waals surface area contributed by atoms with Crippen LogP contribution < -0.4 is 14.8 Å². The molecule has 0 aliphatic heterocycles. The van der Waals surface area contributed by atoms with Crippen LogP contribution in [0.15, 0.2) is 59.3 Å². The highest BCUT2D eigenvalue weighted by Gasteiger charge is 2.29. The quantitative estimate of drug-likeness (QED) is 0.366. The number of ether oxygens (including phenoxy) is 2. The molecule has 1 aliphatic rings. The van der Waals surface area contributed by atoms with Gasteiger partial charge in [-0.1, -0.05) is 0 Å². The third-order valence-electron chi connectivity index (χ3n) is 6.14. The lowest BCUT2D eigenvalue weighted by atomic mass is 10.2. The largest absolute Gasteiger partial charge is 0.497 e. The molecule has 1 aliphatic carbocycles. The maximum Gasteiger partial charge on any atom is 0.257 e. The van der Waals surface area contributed by atoms with Crippen molar-refractivity contribution < 1.29 is 18.7 Å². The number of hydrogen-bond acceptors (Lipinski definition) is 7. The molecular formula is C26H23N5O4. The van der Waals surface area contributed by atoms with Gasteiger partial charge in [-0.05, 0) is 49.2 Å². The zero-order valence-corrected chi connectivity index (χ0v) is 19.3. The van der Waals surface area contributed by atoms with Crippen LogP contribution in [0.2, 0.25) is 0 Å². The van der Waals surface area contributed by atoms with Crippen molar-refractivity contribution in [2.24, 2.45) is 0 Å². The molecule has 35 heavy (non-hydrogen) atoms. The number of hydrogen-bond donors (Lipinski definition) is 1. The molecule has 0 saturated heterocycles. The zero-order chi connectivity index (χ0) is 23.9. The summed E-state index contributed by atoms with van der Waals surface area (Å²) in [6, 6.07) is 12.9. The number of nitrogens with zero attached hydrogens (tertiary/aromatic N) is 4. The number of amides is 1. The van der Waals surface area contributed by atoms with Gasteiger partial charge >= 0.3 is 0 Å². The number of pyridine rings is 1. The normalized spacial score (nSPS) is 13.3. The maximum atomic E-state index is 12.9. The van der Waals surface area contributed by atoms with E-state index >= 15 is 0 Å². The Morgan fingerprint density at radius 2 is 2.00 bits per heavy atom. The lowest BCUT2D eigenvalue weighted by Gasteiger charge is -2.11. The molecule has 0 atom stereocenters. The van der Waals surface area contributed by atoms with Gasteiger partial charge in [0, 0.05) is 34.8 Å². The van der Waals surface area contributed by atoms with Crippen LogP contribution in [-0.2, 0) is 6.54 Å². The molecule has 0 unspecified atom stereocenters. The summed E-state index contributed by atoms with van der Waals surface area (Å²) in [5, 5.41) is 8.16. The van der Waals surface area contributed by atoms with Gasteiger partial charge in [0.15, 0.2) is 17.1 Å². The second-order valence-electron chi connectivity index (χ2n) is 8.58. The molecule has 9 heteroatoms. The predicted octanol–water partition coefficient (Wildman–Crippen LogP) is 4.77. The average molecular weight is 470 g/mol. The monoisotopic (exact) mass is 469 g/mol. The molecular weight excluding hydrogens is 446 g/mol. The van der Waals surface area contributed by atoms with E-state index in [0.29, 0.717) is 35.1 Å². The van der Waals surface area contributed by atoms with Crippen molar-refractivity contribution in [3.8, 4) is 11.5 Å². The van der Waals surface area contributed by atoms with E-state index in [2.05, 4.69) is 20.4 Å². The number of oxazole rings is 1. The number of nitrogens with one attached hydrogen (secondary N) is 1. The smallest absolute Gasteiger partial charge is 0.257 e. The van der Waals surface area contributed by atoms with Gasteiger partial charge in [0.2, 0.25) is 0 Å². The van der Waals surface area contributed by atoms with Crippen LogP contribution in [0.4, 0.5) is 5.69 Å². The van der Waals surface area contributed by atoms with Gasteiger partial charge in [-0.2, -0.15) is 5.10 Å². The van der Waals surface area contributed by atoms with Crippen molar-refractivity contribution in [2.75, 3.05) is 19.5 Å². The lowest BCUT2D eigenvalue weighted by molar-refractivity contribution is 0.102. The van der Waals surface area contributed by atoms with Crippen molar-refractivity contribution in [1.82, 2.24) is 19.7 Å². The van der Waals surface area contributed by atoms with E-state index in [1.807, 2.05) is 36.4 Å². The Balaban J connectivity index is 1.21. The van der Waals surface area contributed by atoms with Crippen LogP contribution >= 0.6 is 0 Å². The number of rotatable bonds is 7. The molecule has 5 aromatic rings. The van der Waals surface area contributed by atoms with Crippen molar-refractivity contribution in [1.29, 1.82) is 0 Å². The molecule has 0 bridgehead atoms. The van der Waals surface area contributed by atoms with Crippen LogP contribution in [0, 0.1) is 0 Å². The molecule has 0 spiro atoms. The van der Waals surface area contributed by atoms with Crippen LogP contribution in [0.1, 0.15) is 40.6 Å². The predicted molar refractivity (Wildman–Crippen MR) is 130 cm³/mol. The molecule has 176 valence electrons. The summed E-state index contributed by atoms with van der Waals surface area (Å²) in [6.45, 7) is 0.468. The summed E-state index contributed by atoms with van der Waals surface area (Å²) in [5.74, 6) is 2.38. The van der Waals surface area contributed by atoms with E-state index in [9.17, 15) is 4.79 Å². The van der Waals surface area contributed by atoms with E-state index in [-0.39, 0.29) is 5.91 Å². The third kappa shape index (κ3) is 4.05. The van der Waals surface area contributed by atoms with Gasteiger partial charge in [-0.25, -0.2) is 14.6 Å². The highest BCUT2D eigenvalue weighted by atomic mass is 16.5. The van der Waals surface area contributed by atoms with E-state index < -0.39 is 0 Å². The molecule has 9 nitrogen and oxygen atoms in total. The first-order valence-electron chi connectivity index (χ1n) is 11.4. The number of fused-ring (bicyclic) bond motifs is 2.